The fourth-order valence-corrected chi connectivity index (χ4v) is 2.80. The molecule has 0 saturated heterocycles. The smallest absolute Gasteiger partial charge is 0.243 e. The van der Waals surface area contributed by atoms with Gasteiger partial charge in [0.2, 0.25) is 5.91 Å². The van der Waals surface area contributed by atoms with Crippen molar-refractivity contribution in [2.45, 2.75) is 84.5 Å². The number of carbonyl (C=O) groups is 1. The fraction of sp³-hybridized carbons (Fsp3) is 0.609. The van der Waals surface area contributed by atoms with Crippen molar-refractivity contribution in [3.05, 3.63) is 41.5 Å². The van der Waals surface area contributed by atoms with Crippen LogP contribution in [0.25, 0.3) is 6.08 Å². The zero-order valence-electron chi connectivity index (χ0n) is 16.7. The van der Waals surface area contributed by atoms with Crippen LogP contribution in [-0.4, -0.2) is 12.5 Å². The summed E-state index contributed by atoms with van der Waals surface area (Å²) in [4.78, 5) is 11.9. The lowest BCUT2D eigenvalue weighted by Crippen LogP contribution is -2.21. The molecule has 0 aliphatic heterocycles. The maximum absolute atomic E-state index is 11.9. The molecule has 0 unspecified atom stereocenters. The summed E-state index contributed by atoms with van der Waals surface area (Å²) in [5.41, 5.74) is 2.54. The Morgan fingerprint density at radius 2 is 1.48 bits per heavy atom. The minimum absolute atomic E-state index is 0.00263. The van der Waals surface area contributed by atoms with Gasteiger partial charge in [-0.25, -0.2) is 0 Å². The summed E-state index contributed by atoms with van der Waals surface area (Å²) in [5, 5.41) is 2.97. The van der Waals surface area contributed by atoms with E-state index in [-0.39, 0.29) is 11.3 Å². The first kappa shape index (κ1) is 21.5. The molecule has 1 aromatic rings. The van der Waals surface area contributed by atoms with Gasteiger partial charge in [-0.1, -0.05) is 96.9 Å². The average Bonchev–Trinajstić information content (AvgIpc) is 2.58. The van der Waals surface area contributed by atoms with E-state index in [9.17, 15) is 4.79 Å². The van der Waals surface area contributed by atoms with Crippen LogP contribution in [0.2, 0.25) is 0 Å². The molecule has 0 bridgehead atoms. The standard InChI is InChI=1S/C23H37NO/c1-5-6-7-8-9-10-11-12-19-24-22(25)18-15-20-13-16-21(17-14-20)23(2,3)4/h13-18H,5-12,19H2,1-4H3,(H,24,25). The lowest BCUT2D eigenvalue weighted by molar-refractivity contribution is -0.116. The third-order valence-electron chi connectivity index (χ3n) is 4.53. The Bertz CT molecular complexity index is 508. The van der Waals surface area contributed by atoms with Crippen molar-refractivity contribution in [2.75, 3.05) is 6.54 Å². The van der Waals surface area contributed by atoms with Crippen molar-refractivity contribution in [2.24, 2.45) is 0 Å². The SMILES string of the molecule is CCCCCCCCCCNC(=O)C=Cc1ccc(C(C)(C)C)cc1. The van der Waals surface area contributed by atoms with Gasteiger partial charge in [-0.15, -0.1) is 0 Å². The van der Waals surface area contributed by atoms with Crippen LogP contribution in [0.3, 0.4) is 0 Å². The molecule has 0 heterocycles. The molecule has 0 aliphatic carbocycles. The van der Waals surface area contributed by atoms with Crippen LogP contribution in [0.1, 0.15) is 90.2 Å². The molecule has 0 aliphatic rings. The maximum atomic E-state index is 11.9. The normalized spacial score (nSPS) is 11.8. The predicted octanol–water partition coefficient (Wildman–Crippen LogP) is 6.25. The molecule has 0 fully saturated rings. The van der Waals surface area contributed by atoms with Gasteiger partial charge < -0.3 is 5.32 Å². The Labute approximate surface area is 155 Å². The summed E-state index contributed by atoms with van der Waals surface area (Å²) in [6.45, 7) is 9.64. The van der Waals surface area contributed by atoms with Gasteiger partial charge in [0.05, 0.1) is 0 Å². The quantitative estimate of drug-likeness (QED) is 0.373. The van der Waals surface area contributed by atoms with Crippen LogP contribution in [0.4, 0.5) is 0 Å². The monoisotopic (exact) mass is 343 g/mol. The highest BCUT2D eigenvalue weighted by atomic mass is 16.1. The molecule has 2 heteroatoms. The van der Waals surface area contributed by atoms with E-state index < -0.39 is 0 Å². The van der Waals surface area contributed by atoms with E-state index in [0.717, 1.165) is 18.5 Å². The van der Waals surface area contributed by atoms with E-state index in [4.69, 9.17) is 0 Å². The Morgan fingerprint density at radius 1 is 0.920 bits per heavy atom. The number of hydrogen-bond donors (Lipinski definition) is 1. The summed E-state index contributed by atoms with van der Waals surface area (Å²) in [6, 6.07) is 8.42. The second kappa shape index (κ2) is 11.9. The Morgan fingerprint density at radius 3 is 2.04 bits per heavy atom. The maximum Gasteiger partial charge on any atom is 0.243 e. The number of unbranched alkanes of at least 4 members (excludes halogenated alkanes) is 7. The van der Waals surface area contributed by atoms with E-state index in [1.54, 1.807) is 6.08 Å². The lowest BCUT2D eigenvalue weighted by Gasteiger charge is -2.18. The van der Waals surface area contributed by atoms with Crippen LogP contribution in [0.5, 0.6) is 0 Å². The van der Waals surface area contributed by atoms with Gasteiger partial charge in [0.1, 0.15) is 0 Å². The summed E-state index contributed by atoms with van der Waals surface area (Å²) < 4.78 is 0. The van der Waals surface area contributed by atoms with E-state index in [1.165, 1.54) is 50.5 Å². The lowest BCUT2D eigenvalue weighted by atomic mass is 9.87. The van der Waals surface area contributed by atoms with Crippen molar-refractivity contribution < 1.29 is 4.79 Å². The van der Waals surface area contributed by atoms with Crippen LogP contribution in [0, 0.1) is 0 Å². The number of carbonyl (C=O) groups excluding carboxylic acids is 1. The zero-order valence-corrected chi connectivity index (χ0v) is 16.7. The van der Waals surface area contributed by atoms with Crippen LogP contribution in [0.15, 0.2) is 30.3 Å². The van der Waals surface area contributed by atoms with E-state index >= 15 is 0 Å². The highest BCUT2D eigenvalue weighted by molar-refractivity contribution is 5.91. The highest BCUT2D eigenvalue weighted by Crippen LogP contribution is 2.22. The molecule has 140 valence electrons. The molecule has 0 spiro atoms. The Hall–Kier alpha value is -1.57. The third kappa shape index (κ3) is 10.1. The summed E-state index contributed by atoms with van der Waals surface area (Å²) in [5.74, 6) is 0.00263. The highest BCUT2D eigenvalue weighted by Gasteiger charge is 2.12. The molecule has 0 atom stereocenters. The van der Waals surface area contributed by atoms with Crippen LogP contribution in [-0.2, 0) is 10.2 Å². The van der Waals surface area contributed by atoms with E-state index in [0.29, 0.717) is 0 Å². The van der Waals surface area contributed by atoms with Crippen LogP contribution < -0.4 is 5.32 Å². The Balaban J connectivity index is 2.16. The summed E-state index contributed by atoms with van der Waals surface area (Å²) in [7, 11) is 0. The van der Waals surface area contributed by atoms with Crippen molar-refractivity contribution >= 4 is 12.0 Å². The molecule has 0 radical (unpaired) electrons. The topological polar surface area (TPSA) is 29.1 Å². The largest absolute Gasteiger partial charge is 0.353 e. The van der Waals surface area contributed by atoms with E-state index in [2.05, 4.69) is 57.3 Å². The molecule has 25 heavy (non-hydrogen) atoms. The van der Waals surface area contributed by atoms with Crippen molar-refractivity contribution in [3.8, 4) is 0 Å². The number of amides is 1. The minimum atomic E-state index is 0.00263. The summed E-state index contributed by atoms with van der Waals surface area (Å²) in [6.07, 6.45) is 13.8. The Kier molecular flexibility index (Phi) is 10.2. The van der Waals surface area contributed by atoms with Crippen molar-refractivity contribution in [1.29, 1.82) is 0 Å². The predicted molar refractivity (Wildman–Crippen MR) is 110 cm³/mol. The molecule has 0 saturated carbocycles. The van der Waals surface area contributed by atoms with Gasteiger partial charge in [0.15, 0.2) is 0 Å². The van der Waals surface area contributed by atoms with E-state index in [1.807, 2.05) is 6.08 Å². The number of hydrogen-bond acceptors (Lipinski definition) is 1. The molecule has 1 amide bonds. The van der Waals surface area contributed by atoms with Crippen molar-refractivity contribution in [1.82, 2.24) is 5.32 Å². The summed E-state index contributed by atoms with van der Waals surface area (Å²) >= 11 is 0. The van der Waals surface area contributed by atoms with Gasteiger partial charge in [-0.3, -0.25) is 4.79 Å². The molecular weight excluding hydrogens is 306 g/mol. The average molecular weight is 344 g/mol. The molecule has 1 aromatic carbocycles. The first-order valence-electron chi connectivity index (χ1n) is 10.00. The molecule has 1 N–H and O–H groups in total. The fourth-order valence-electron chi connectivity index (χ4n) is 2.80. The first-order valence-corrected chi connectivity index (χ1v) is 10.00. The molecule has 2 nitrogen and oxygen atoms in total. The van der Waals surface area contributed by atoms with Gasteiger partial charge in [0, 0.05) is 12.6 Å². The van der Waals surface area contributed by atoms with Gasteiger partial charge in [-0.05, 0) is 29.0 Å². The third-order valence-corrected chi connectivity index (χ3v) is 4.53. The van der Waals surface area contributed by atoms with Crippen molar-refractivity contribution in [3.63, 3.8) is 0 Å². The minimum Gasteiger partial charge on any atom is -0.353 e. The molecule has 1 rings (SSSR count). The second-order valence-corrected chi connectivity index (χ2v) is 7.97. The van der Waals surface area contributed by atoms with Crippen LogP contribution >= 0.6 is 0 Å². The van der Waals surface area contributed by atoms with Gasteiger partial charge >= 0.3 is 0 Å². The van der Waals surface area contributed by atoms with Gasteiger partial charge in [-0.2, -0.15) is 0 Å². The molecular formula is C23H37NO. The molecule has 0 aromatic heterocycles. The second-order valence-electron chi connectivity index (χ2n) is 7.97. The number of nitrogens with one attached hydrogen (secondary N) is 1. The first-order chi connectivity index (χ1) is 11.9. The zero-order chi connectivity index (χ0) is 18.5. The van der Waals surface area contributed by atoms with Gasteiger partial charge in [0.25, 0.3) is 0 Å². The number of rotatable bonds is 11. The number of benzene rings is 1.